The summed E-state index contributed by atoms with van der Waals surface area (Å²) in [6.07, 6.45) is 1.72. The maximum absolute atomic E-state index is 14.4. The average Bonchev–Trinajstić information content (AvgIpc) is 2.85. The summed E-state index contributed by atoms with van der Waals surface area (Å²) in [5, 5.41) is 14.4. The van der Waals surface area contributed by atoms with E-state index in [1.807, 2.05) is 0 Å². The number of hydrogen-bond acceptors (Lipinski definition) is 12. The van der Waals surface area contributed by atoms with E-state index < -0.39 is 66.5 Å². The molecule has 316 valence electrons. The van der Waals surface area contributed by atoms with Crippen LogP contribution in [0.5, 0.6) is 0 Å². The fraction of sp³-hybridized carbons (Fsp3) is 0.907. The SMILES string of the molecule is CC1(C)CC(OC(=O)C(CC(C(=O)OC2CC(C)(C)NC(C)(C)C2)C(=O)OC2CC(C)(C)NC(C)(C)C2)C(=O)OC2CC(C)(C)NC(C)(C)C2)CC(C)(C)N1. The quantitative estimate of drug-likeness (QED) is 0.117. The molecule has 0 amide bonds. The second-order valence-corrected chi connectivity index (χ2v) is 22.8. The first kappa shape index (κ1) is 45.4. The Morgan fingerprint density at radius 3 is 0.655 bits per heavy atom. The van der Waals surface area contributed by atoms with Crippen molar-refractivity contribution >= 4 is 23.9 Å². The normalized spacial score (nSPS) is 27.2. The van der Waals surface area contributed by atoms with E-state index in [2.05, 4.69) is 132 Å². The van der Waals surface area contributed by atoms with Gasteiger partial charge in [-0.1, -0.05) is 0 Å². The van der Waals surface area contributed by atoms with Crippen molar-refractivity contribution in [1.29, 1.82) is 0 Å². The number of ether oxygens (including phenoxy) is 4. The number of hydrogen-bond donors (Lipinski definition) is 4. The van der Waals surface area contributed by atoms with Crippen LogP contribution in [0.3, 0.4) is 0 Å². The Morgan fingerprint density at radius 2 is 0.509 bits per heavy atom. The molecule has 0 aromatic rings. The minimum Gasteiger partial charge on any atom is -0.462 e. The standard InChI is InChI=1S/C43H76N4O8/c1-36(2)18-26(19-37(3,4)44-36)52-32(48)30(33(49)53-27-20-38(5,6)45-39(7,8)21-27)17-31(34(50)54-28-22-40(9,10)46-41(11,12)23-28)35(51)55-29-24-42(13,14)47-43(15,16)25-29/h26-31,44-47H,17-25H2,1-16H3. The zero-order valence-corrected chi connectivity index (χ0v) is 37.1. The number of esters is 4. The second-order valence-electron chi connectivity index (χ2n) is 22.8. The summed E-state index contributed by atoms with van der Waals surface area (Å²) in [5.74, 6) is -6.36. The molecular formula is C43H76N4O8. The molecule has 4 rings (SSSR count). The predicted molar refractivity (Wildman–Crippen MR) is 213 cm³/mol. The Labute approximate surface area is 331 Å². The van der Waals surface area contributed by atoms with Gasteiger partial charge in [-0.05, 0) is 117 Å². The van der Waals surface area contributed by atoms with Crippen LogP contribution in [0, 0.1) is 11.8 Å². The van der Waals surface area contributed by atoms with E-state index in [1.54, 1.807) is 0 Å². The van der Waals surface area contributed by atoms with Crippen LogP contribution < -0.4 is 21.3 Å². The van der Waals surface area contributed by atoms with Crippen LogP contribution >= 0.6 is 0 Å². The molecule has 4 heterocycles. The highest BCUT2D eigenvalue weighted by Gasteiger charge is 2.49. The molecule has 12 heteroatoms. The molecule has 4 fully saturated rings. The third kappa shape index (κ3) is 13.4. The van der Waals surface area contributed by atoms with E-state index in [9.17, 15) is 19.2 Å². The van der Waals surface area contributed by atoms with Crippen LogP contribution in [0.4, 0.5) is 0 Å². The Kier molecular flexibility index (Phi) is 12.8. The molecule has 4 aliphatic heterocycles. The van der Waals surface area contributed by atoms with Gasteiger partial charge in [0.15, 0.2) is 11.8 Å². The molecule has 4 saturated heterocycles. The lowest BCUT2D eigenvalue weighted by Crippen LogP contribution is -2.60. The van der Waals surface area contributed by atoms with Crippen LogP contribution in [0.1, 0.15) is 169 Å². The molecule has 0 aromatic carbocycles. The summed E-state index contributed by atoms with van der Waals surface area (Å²) >= 11 is 0. The minimum absolute atomic E-state index is 0.335. The third-order valence-electron chi connectivity index (χ3n) is 11.4. The summed E-state index contributed by atoms with van der Waals surface area (Å²) < 4.78 is 24.7. The summed E-state index contributed by atoms with van der Waals surface area (Å²) in [4.78, 5) is 57.6. The zero-order chi connectivity index (χ0) is 41.8. The van der Waals surface area contributed by atoms with Gasteiger partial charge >= 0.3 is 23.9 Å². The monoisotopic (exact) mass is 777 g/mol. The molecule has 0 atom stereocenters. The van der Waals surface area contributed by atoms with Crippen molar-refractivity contribution in [1.82, 2.24) is 21.3 Å². The van der Waals surface area contributed by atoms with Gasteiger partial charge in [-0.3, -0.25) is 19.2 Å². The molecular weight excluding hydrogens is 700 g/mol. The fourth-order valence-electron chi connectivity index (χ4n) is 11.0. The average molecular weight is 777 g/mol. The van der Waals surface area contributed by atoms with E-state index in [0.29, 0.717) is 51.4 Å². The summed E-state index contributed by atoms with van der Waals surface area (Å²) in [5.41, 5.74) is -2.68. The smallest absolute Gasteiger partial charge is 0.320 e. The number of carbonyl (C=O) groups is 4. The van der Waals surface area contributed by atoms with Crippen molar-refractivity contribution in [2.45, 2.75) is 237 Å². The highest BCUT2D eigenvalue weighted by molar-refractivity contribution is 5.99. The molecule has 0 bridgehead atoms. The second kappa shape index (κ2) is 15.5. The van der Waals surface area contributed by atoms with Gasteiger partial charge in [-0.15, -0.1) is 0 Å². The van der Waals surface area contributed by atoms with Crippen LogP contribution in [0.15, 0.2) is 0 Å². The van der Waals surface area contributed by atoms with Crippen LogP contribution in [0.25, 0.3) is 0 Å². The maximum Gasteiger partial charge on any atom is 0.320 e. The van der Waals surface area contributed by atoms with Gasteiger partial charge in [0, 0.05) is 95.7 Å². The van der Waals surface area contributed by atoms with Crippen LogP contribution in [-0.2, 0) is 38.1 Å². The summed E-state index contributed by atoms with van der Waals surface area (Å²) in [6, 6.07) is 0. The van der Waals surface area contributed by atoms with Crippen molar-refractivity contribution < 1.29 is 38.1 Å². The largest absolute Gasteiger partial charge is 0.462 e. The lowest BCUT2D eigenvalue weighted by molar-refractivity contribution is -0.177. The van der Waals surface area contributed by atoms with Gasteiger partial charge in [0.1, 0.15) is 24.4 Å². The molecule has 55 heavy (non-hydrogen) atoms. The molecule has 0 aromatic heterocycles. The number of piperidine rings is 4. The van der Waals surface area contributed by atoms with Crippen molar-refractivity contribution in [3.05, 3.63) is 0 Å². The first-order chi connectivity index (χ1) is 24.6. The number of carbonyl (C=O) groups excluding carboxylic acids is 4. The van der Waals surface area contributed by atoms with E-state index in [1.165, 1.54) is 0 Å². The lowest BCUT2D eigenvalue weighted by atomic mass is 9.80. The molecule has 0 radical (unpaired) electrons. The molecule has 0 aliphatic carbocycles. The van der Waals surface area contributed by atoms with Crippen molar-refractivity contribution in [2.24, 2.45) is 11.8 Å². The molecule has 12 nitrogen and oxygen atoms in total. The van der Waals surface area contributed by atoms with E-state index >= 15 is 0 Å². The Hall–Kier alpha value is -2.28. The molecule has 4 aliphatic rings. The fourth-order valence-corrected chi connectivity index (χ4v) is 11.0. The van der Waals surface area contributed by atoms with Gasteiger partial charge in [-0.25, -0.2) is 0 Å². The first-order valence-corrected chi connectivity index (χ1v) is 20.6. The minimum atomic E-state index is -1.56. The summed E-state index contributed by atoms with van der Waals surface area (Å²) in [6.45, 7) is 32.8. The van der Waals surface area contributed by atoms with Gasteiger partial charge in [0.25, 0.3) is 0 Å². The Morgan fingerprint density at radius 1 is 0.364 bits per heavy atom. The van der Waals surface area contributed by atoms with Crippen LogP contribution in [-0.4, -0.2) is 92.6 Å². The predicted octanol–water partition coefficient (Wildman–Crippen LogP) is 6.02. The number of nitrogens with one attached hydrogen (secondary N) is 4. The molecule has 0 saturated carbocycles. The van der Waals surface area contributed by atoms with Crippen LogP contribution in [0.2, 0.25) is 0 Å². The highest BCUT2D eigenvalue weighted by Crippen LogP contribution is 2.37. The van der Waals surface area contributed by atoms with Gasteiger partial charge in [-0.2, -0.15) is 0 Å². The third-order valence-corrected chi connectivity index (χ3v) is 11.4. The van der Waals surface area contributed by atoms with Crippen molar-refractivity contribution in [3.8, 4) is 0 Å². The van der Waals surface area contributed by atoms with Gasteiger partial charge < -0.3 is 40.2 Å². The Balaban J connectivity index is 1.68. The molecule has 4 N–H and O–H groups in total. The van der Waals surface area contributed by atoms with Gasteiger partial charge in [0.05, 0.1) is 0 Å². The molecule has 0 spiro atoms. The number of rotatable bonds is 10. The van der Waals surface area contributed by atoms with Crippen molar-refractivity contribution in [3.63, 3.8) is 0 Å². The molecule has 0 unspecified atom stereocenters. The van der Waals surface area contributed by atoms with E-state index in [4.69, 9.17) is 18.9 Å². The zero-order valence-electron chi connectivity index (χ0n) is 37.1. The highest BCUT2D eigenvalue weighted by atomic mass is 16.6. The van der Waals surface area contributed by atoms with Crippen molar-refractivity contribution in [2.75, 3.05) is 0 Å². The first-order valence-electron chi connectivity index (χ1n) is 20.6. The van der Waals surface area contributed by atoms with Gasteiger partial charge in [0.2, 0.25) is 0 Å². The Bertz CT molecular complexity index is 1170. The van der Waals surface area contributed by atoms with E-state index in [0.717, 1.165) is 0 Å². The topological polar surface area (TPSA) is 153 Å². The van der Waals surface area contributed by atoms with E-state index in [-0.39, 0.29) is 44.3 Å². The maximum atomic E-state index is 14.4. The summed E-state index contributed by atoms with van der Waals surface area (Å²) in [7, 11) is 0. The lowest BCUT2D eigenvalue weighted by Gasteiger charge is -2.46.